The van der Waals surface area contributed by atoms with Crippen LogP contribution in [-0.4, -0.2) is 20.3 Å². The van der Waals surface area contributed by atoms with Gasteiger partial charge in [0.05, 0.1) is 0 Å². The monoisotopic (exact) mass is 206 g/mol. The standard InChI is InChI=1S/C13H22N2/c1-3-4-12-5-7-13(8-6-12)9-10-15-11-14-2/h5-8,14-15H,3-4,9-11H2,1-2H3. The first-order chi connectivity index (χ1) is 7.36. The fourth-order valence-electron chi connectivity index (χ4n) is 1.61. The number of hydrogen-bond donors (Lipinski definition) is 2. The van der Waals surface area contributed by atoms with Gasteiger partial charge < -0.3 is 10.6 Å². The number of hydrogen-bond acceptors (Lipinski definition) is 2. The third-order valence-corrected chi connectivity index (χ3v) is 2.45. The van der Waals surface area contributed by atoms with Gasteiger partial charge in [-0.05, 0) is 31.0 Å². The van der Waals surface area contributed by atoms with E-state index in [-0.39, 0.29) is 0 Å². The first kappa shape index (κ1) is 12.2. The van der Waals surface area contributed by atoms with Gasteiger partial charge in [-0.1, -0.05) is 37.6 Å². The van der Waals surface area contributed by atoms with Gasteiger partial charge in [0.1, 0.15) is 0 Å². The van der Waals surface area contributed by atoms with Crippen molar-refractivity contribution in [1.82, 2.24) is 10.6 Å². The van der Waals surface area contributed by atoms with Crippen molar-refractivity contribution in [2.45, 2.75) is 26.2 Å². The van der Waals surface area contributed by atoms with Gasteiger partial charge in [-0.25, -0.2) is 0 Å². The molecule has 0 atom stereocenters. The van der Waals surface area contributed by atoms with Crippen LogP contribution < -0.4 is 10.6 Å². The maximum Gasteiger partial charge on any atom is 0.0451 e. The molecule has 0 aromatic heterocycles. The van der Waals surface area contributed by atoms with Gasteiger partial charge in [-0.3, -0.25) is 0 Å². The highest BCUT2D eigenvalue weighted by molar-refractivity contribution is 5.22. The first-order valence-electron chi connectivity index (χ1n) is 5.80. The SMILES string of the molecule is CCCc1ccc(CCNCNC)cc1. The van der Waals surface area contributed by atoms with E-state index in [9.17, 15) is 0 Å². The molecule has 0 aliphatic carbocycles. The van der Waals surface area contributed by atoms with Crippen molar-refractivity contribution in [2.75, 3.05) is 20.3 Å². The molecule has 0 fully saturated rings. The Morgan fingerprint density at radius 2 is 1.60 bits per heavy atom. The van der Waals surface area contributed by atoms with Crippen molar-refractivity contribution in [1.29, 1.82) is 0 Å². The van der Waals surface area contributed by atoms with E-state index in [1.807, 2.05) is 7.05 Å². The fourth-order valence-corrected chi connectivity index (χ4v) is 1.61. The van der Waals surface area contributed by atoms with Crippen molar-refractivity contribution >= 4 is 0 Å². The molecule has 0 aliphatic rings. The molecule has 1 aromatic rings. The Labute approximate surface area is 93.1 Å². The summed E-state index contributed by atoms with van der Waals surface area (Å²) in [6, 6.07) is 8.98. The number of aryl methyl sites for hydroxylation is 1. The third kappa shape index (κ3) is 4.96. The molecular weight excluding hydrogens is 184 g/mol. The van der Waals surface area contributed by atoms with Crippen LogP contribution in [-0.2, 0) is 12.8 Å². The molecule has 0 radical (unpaired) electrons. The van der Waals surface area contributed by atoms with Gasteiger partial charge in [0.25, 0.3) is 0 Å². The minimum atomic E-state index is 0.883. The molecule has 0 unspecified atom stereocenters. The second-order valence-corrected chi connectivity index (χ2v) is 3.85. The van der Waals surface area contributed by atoms with Crippen molar-refractivity contribution < 1.29 is 0 Å². The summed E-state index contributed by atoms with van der Waals surface area (Å²) in [5.41, 5.74) is 2.86. The predicted molar refractivity (Wildman–Crippen MR) is 66.1 cm³/mol. The van der Waals surface area contributed by atoms with Crippen LogP contribution in [0.5, 0.6) is 0 Å². The molecule has 2 nitrogen and oxygen atoms in total. The summed E-state index contributed by atoms with van der Waals surface area (Å²) in [7, 11) is 1.95. The Hall–Kier alpha value is -0.860. The van der Waals surface area contributed by atoms with Crippen LogP contribution in [0.2, 0.25) is 0 Å². The number of rotatable bonds is 7. The normalized spacial score (nSPS) is 10.5. The lowest BCUT2D eigenvalue weighted by atomic mass is 10.1. The van der Waals surface area contributed by atoms with Crippen molar-refractivity contribution in [3.63, 3.8) is 0 Å². The van der Waals surface area contributed by atoms with E-state index in [1.165, 1.54) is 24.0 Å². The van der Waals surface area contributed by atoms with Gasteiger partial charge in [0.15, 0.2) is 0 Å². The smallest absolute Gasteiger partial charge is 0.0451 e. The zero-order chi connectivity index (χ0) is 10.9. The van der Waals surface area contributed by atoms with Crippen LogP contribution >= 0.6 is 0 Å². The van der Waals surface area contributed by atoms with Crippen LogP contribution in [0.25, 0.3) is 0 Å². The third-order valence-electron chi connectivity index (χ3n) is 2.45. The Morgan fingerprint density at radius 3 is 2.13 bits per heavy atom. The van der Waals surface area contributed by atoms with Gasteiger partial charge in [-0.2, -0.15) is 0 Å². The lowest BCUT2D eigenvalue weighted by Gasteiger charge is -2.05. The highest BCUT2D eigenvalue weighted by atomic mass is 15.0. The van der Waals surface area contributed by atoms with Crippen molar-refractivity contribution in [2.24, 2.45) is 0 Å². The molecule has 0 spiro atoms. The van der Waals surface area contributed by atoms with Gasteiger partial charge in [0, 0.05) is 13.2 Å². The van der Waals surface area contributed by atoms with Gasteiger partial charge in [0.2, 0.25) is 0 Å². The van der Waals surface area contributed by atoms with E-state index in [2.05, 4.69) is 41.8 Å². The molecule has 0 amide bonds. The Morgan fingerprint density at radius 1 is 1.00 bits per heavy atom. The Balaban J connectivity index is 2.29. The summed E-state index contributed by atoms with van der Waals surface area (Å²) in [5, 5.41) is 6.38. The molecule has 15 heavy (non-hydrogen) atoms. The van der Waals surface area contributed by atoms with E-state index in [4.69, 9.17) is 0 Å². The number of benzene rings is 1. The highest BCUT2D eigenvalue weighted by Crippen LogP contribution is 2.06. The number of nitrogens with one attached hydrogen (secondary N) is 2. The van der Waals surface area contributed by atoms with Crippen LogP contribution in [0.1, 0.15) is 24.5 Å². The average Bonchev–Trinajstić information content (AvgIpc) is 2.27. The summed E-state index contributed by atoms with van der Waals surface area (Å²) in [4.78, 5) is 0. The van der Waals surface area contributed by atoms with E-state index in [1.54, 1.807) is 0 Å². The van der Waals surface area contributed by atoms with E-state index in [0.717, 1.165) is 19.6 Å². The second-order valence-electron chi connectivity index (χ2n) is 3.85. The van der Waals surface area contributed by atoms with E-state index >= 15 is 0 Å². The minimum Gasteiger partial charge on any atom is -0.308 e. The van der Waals surface area contributed by atoms with E-state index < -0.39 is 0 Å². The molecule has 2 N–H and O–H groups in total. The van der Waals surface area contributed by atoms with E-state index in [0.29, 0.717) is 0 Å². The summed E-state index contributed by atoms with van der Waals surface area (Å²) >= 11 is 0. The first-order valence-corrected chi connectivity index (χ1v) is 5.80. The maximum absolute atomic E-state index is 3.31. The summed E-state index contributed by atoms with van der Waals surface area (Å²) in [5.74, 6) is 0. The average molecular weight is 206 g/mol. The maximum atomic E-state index is 3.31. The summed E-state index contributed by atoms with van der Waals surface area (Å²) < 4.78 is 0. The fraction of sp³-hybridized carbons (Fsp3) is 0.538. The second kappa shape index (κ2) is 7.43. The molecule has 0 saturated heterocycles. The van der Waals surface area contributed by atoms with Gasteiger partial charge >= 0.3 is 0 Å². The van der Waals surface area contributed by atoms with Crippen LogP contribution in [0.4, 0.5) is 0 Å². The zero-order valence-corrected chi connectivity index (χ0v) is 9.84. The molecular formula is C13H22N2. The molecule has 0 saturated carbocycles. The predicted octanol–water partition coefficient (Wildman–Crippen LogP) is 1.95. The molecule has 0 bridgehead atoms. The van der Waals surface area contributed by atoms with Gasteiger partial charge in [-0.15, -0.1) is 0 Å². The minimum absolute atomic E-state index is 0.883. The topological polar surface area (TPSA) is 24.1 Å². The van der Waals surface area contributed by atoms with Crippen LogP contribution in [0.3, 0.4) is 0 Å². The quantitative estimate of drug-likeness (QED) is 0.526. The molecule has 2 heteroatoms. The molecule has 0 aliphatic heterocycles. The van der Waals surface area contributed by atoms with Crippen LogP contribution in [0, 0.1) is 0 Å². The molecule has 0 heterocycles. The Kier molecular flexibility index (Phi) is 6.05. The zero-order valence-electron chi connectivity index (χ0n) is 9.84. The molecule has 1 aromatic carbocycles. The molecule has 1 rings (SSSR count). The largest absolute Gasteiger partial charge is 0.308 e. The summed E-state index contributed by atoms with van der Waals surface area (Å²) in [6.45, 7) is 4.14. The Bertz CT molecular complexity index is 254. The van der Waals surface area contributed by atoms with Crippen LogP contribution in [0.15, 0.2) is 24.3 Å². The van der Waals surface area contributed by atoms with Crippen molar-refractivity contribution in [3.05, 3.63) is 35.4 Å². The van der Waals surface area contributed by atoms with Crippen molar-refractivity contribution in [3.8, 4) is 0 Å². The lowest BCUT2D eigenvalue weighted by Crippen LogP contribution is -2.27. The molecule has 84 valence electrons. The lowest BCUT2D eigenvalue weighted by molar-refractivity contribution is 0.631. The highest BCUT2D eigenvalue weighted by Gasteiger charge is 1.94. The summed E-state index contributed by atoms with van der Waals surface area (Å²) in [6.07, 6.45) is 3.52.